The summed E-state index contributed by atoms with van der Waals surface area (Å²) < 4.78 is 4.53. The van der Waals surface area contributed by atoms with Gasteiger partial charge in [0.1, 0.15) is 0 Å². The summed E-state index contributed by atoms with van der Waals surface area (Å²) in [5.41, 5.74) is 11.5. The first-order valence-electron chi connectivity index (χ1n) is 15.9. The number of rotatable bonds is 4. The Labute approximate surface area is 277 Å². The molecule has 48 heavy (non-hydrogen) atoms. The molecule has 2 aromatic heterocycles. The molecule has 0 saturated heterocycles. The van der Waals surface area contributed by atoms with Crippen LogP contribution in [-0.4, -0.2) is 9.13 Å². The fraction of sp³-hybridized carbons (Fsp3) is 0. The van der Waals surface area contributed by atoms with E-state index in [1.165, 1.54) is 10.8 Å². The van der Waals surface area contributed by atoms with Crippen molar-refractivity contribution in [3.63, 3.8) is 0 Å². The van der Waals surface area contributed by atoms with Crippen molar-refractivity contribution in [1.82, 2.24) is 9.13 Å². The molecule has 0 aliphatic carbocycles. The van der Waals surface area contributed by atoms with Gasteiger partial charge < -0.3 is 9.13 Å². The Bertz CT molecular complexity index is 2760. The molecule has 7 aromatic carbocycles. The predicted octanol–water partition coefficient (Wildman–Crippen LogP) is 11.0. The second-order valence-electron chi connectivity index (χ2n) is 12.0. The van der Waals surface area contributed by atoms with E-state index in [0.29, 0.717) is 11.1 Å². The zero-order valence-corrected chi connectivity index (χ0v) is 25.8. The molecule has 0 fully saturated rings. The smallest absolute Gasteiger partial charge is 0.0998 e. The van der Waals surface area contributed by atoms with Crippen molar-refractivity contribution in [1.29, 1.82) is 10.5 Å². The maximum Gasteiger partial charge on any atom is 0.0998 e. The molecule has 4 heteroatoms. The molecule has 9 aromatic rings. The lowest BCUT2D eigenvalue weighted by atomic mass is 9.91. The van der Waals surface area contributed by atoms with Crippen LogP contribution in [0.5, 0.6) is 0 Å². The van der Waals surface area contributed by atoms with Gasteiger partial charge in [-0.25, -0.2) is 0 Å². The summed E-state index contributed by atoms with van der Waals surface area (Å²) in [6, 6.07) is 58.9. The number of fused-ring (bicyclic) bond motifs is 6. The molecular formula is C44H26N4. The van der Waals surface area contributed by atoms with Crippen LogP contribution in [0.2, 0.25) is 0 Å². The number of benzene rings is 7. The first-order valence-corrected chi connectivity index (χ1v) is 15.9. The van der Waals surface area contributed by atoms with Crippen molar-refractivity contribution in [2.75, 3.05) is 0 Å². The lowest BCUT2D eigenvalue weighted by Gasteiger charge is -2.18. The van der Waals surface area contributed by atoms with Gasteiger partial charge in [-0.2, -0.15) is 10.5 Å². The van der Waals surface area contributed by atoms with Crippen LogP contribution in [0.4, 0.5) is 0 Å². The summed E-state index contributed by atoms with van der Waals surface area (Å²) in [5.74, 6) is 0. The van der Waals surface area contributed by atoms with E-state index in [1.807, 2.05) is 36.4 Å². The summed E-state index contributed by atoms with van der Waals surface area (Å²) >= 11 is 0. The molecule has 2 heterocycles. The van der Waals surface area contributed by atoms with E-state index in [-0.39, 0.29) is 0 Å². The van der Waals surface area contributed by atoms with Gasteiger partial charge in [-0.1, -0.05) is 103 Å². The molecule has 0 saturated carbocycles. The highest BCUT2D eigenvalue weighted by Crippen LogP contribution is 2.41. The molecule has 4 nitrogen and oxygen atoms in total. The molecule has 0 aliphatic heterocycles. The zero-order valence-electron chi connectivity index (χ0n) is 25.8. The van der Waals surface area contributed by atoms with Crippen LogP contribution in [0.3, 0.4) is 0 Å². The Morgan fingerprint density at radius 1 is 0.375 bits per heavy atom. The maximum absolute atomic E-state index is 10.6. The first kappa shape index (κ1) is 27.4. The number of para-hydroxylation sites is 4. The summed E-state index contributed by atoms with van der Waals surface area (Å²) in [6.07, 6.45) is 0. The van der Waals surface area contributed by atoms with E-state index < -0.39 is 0 Å². The lowest BCUT2D eigenvalue weighted by molar-refractivity contribution is 1.18. The Balaban J connectivity index is 1.25. The second-order valence-corrected chi connectivity index (χ2v) is 12.0. The molecular weight excluding hydrogens is 585 g/mol. The minimum absolute atomic E-state index is 0.611. The fourth-order valence-electron chi connectivity index (χ4n) is 7.35. The van der Waals surface area contributed by atoms with Crippen molar-refractivity contribution in [3.8, 4) is 45.8 Å². The van der Waals surface area contributed by atoms with Crippen LogP contribution in [-0.2, 0) is 0 Å². The van der Waals surface area contributed by atoms with Crippen molar-refractivity contribution in [2.24, 2.45) is 0 Å². The van der Waals surface area contributed by atoms with Gasteiger partial charge in [-0.15, -0.1) is 0 Å². The summed E-state index contributed by atoms with van der Waals surface area (Å²) in [6.45, 7) is 0. The minimum Gasteiger partial charge on any atom is -0.309 e. The Kier molecular flexibility index (Phi) is 6.22. The lowest BCUT2D eigenvalue weighted by Crippen LogP contribution is -1.99. The molecule has 9 rings (SSSR count). The van der Waals surface area contributed by atoms with Crippen molar-refractivity contribution in [2.45, 2.75) is 0 Å². The standard InChI is InChI=1S/C44H26N4/c45-27-29-21-24-44-39(25-29)38-16-6-10-20-43(38)48(44)42-19-9-3-13-35(42)34-12-2-1-11-33(34)32-23-22-31(26-30(32)28-46)47-40-17-7-4-14-36(40)37-15-5-8-18-41(37)47/h1-26H. The third kappa shape index (κ3) is 4.07. The van der Waals surface area contributed by atoms with E-state index in [9.17, 15) is 10.5 Å². The van der Waals surface area contributed by atoms with Gasteiger partial charge in [-0.05, 0) is 65.7 Å². The monoisotopic (exact) mass is 610 g/mol. The third-order valence-electron chi connectivity index (χ3n) is 9.42. The number of hydrogen-bond acceptors (Lipinski definition) is 2. The molecule has 222 valence electrons. The van der Waals surface area contributed by atoms with Crippen LogP contribution in [0.15, 0.2) is 158 Å². The average molecular weight is 611 g/mol. The topological polar surface area (TPSA) is 57.4 Å². The number of aromatic nitrogens is 2. The molecule has 0 amide bonds. The number of nitriles is 2. The van der Waals surface area contributed by atoms with Crippen LogP contribution >= 0.6 is 0 Å². The van der Waals surface area contributed by atoms with E-state index in [4.69, 9.17) is 0 Å². The van der Waals surface area contributed by atoms with Gasteiger partial charge in [0.2, 0.25) is 0 Å². The van der Waals surface area contributed by atoms with Crippen LogP contribution < -0.4 is 0 Å². The Morgan fingerprint density at radius 3 is 1.54 bits per heavy atom. The highest BCUT2D eigenvalue weighted by Gasteiger charge is 2.19. The highest BCUT2D eigenvalue weighted by molar-refractivity contribution is 6.11. The van der Waals surface area contributed by atoms with Crippen LogP contribution in [0.1, 0.15) is 11.1 Å². The molecule has 0 unspecified atom stereocenters. The molecule has 0 N–H and O–H groups in total. The normalized spacial score (nSPS) is 11.3. The average Bonchev–Trinajstić information content (AvgIpc) is 3.67. The van der Waals surface area contributed by atoms with Crippen molar-refractivity contribution in [3.05, 3.63) is 169 Å². The van der Waals surface area contributed by atoms with Crippen molar-refractivity contribution < 1.29 is 0 Å². The Hall–Kier alpha value is -6.88. The van der Waals surface area contributed by atoms with E-state index in [1.54, 1.807) is 0 Å². The quantitative estimate of drug-likeness (QED) is 0.199. The van der Waals surface area contributed by atoms with E-state index in [0.717, 1.165) is 66.5 Å². The number of nitrogens with zero attached hydrogens (tertiary/aromatic N) is 4. The molecule has 0 bridgehead atoms. The Morgan fingerprint density at radius 2 is 0.896 bits per heavy atom. The van der Waals surface area contributed by atoms with E-state index >= 15 is 0 Å². The van der Waals surface area contributed by atoms with Gasteiger partial charge >= 0.3 is 0 Å². The summed E-state index contributed by atoms with van der Waals surface area (Å²) in [4.78, 5) is 0. The largest absolute Gasteiger partial charge is 0.309 e. The SMILES string of the molecule is N#Cc1ccc2c(c1)c1ccccc1n2-c1ccccc1-c1ccccc1-c1ccc(-n2c3ccccc3c3ccccc32)cc1C#N. The fourth-order valence-corrected chi connectivity index (χ4v) is 7.35. The summed E-state index contributed by atoms with van der Waals surface area (Å²) in [7, 11) is 0. The minimum atomic E-state index is 0.611. The van der Waals surface area contributed by atoms with Gasteiger partial charge in [0.25, 0.3) is 0 Å². The molecule has 0 aliphatic rings. The van der Waals surface area contributed by atoms with Gasteiger partial charge in [-0.3, -0.25) is 0 Å². The van der Waals surface area contributed by atoms with Crippen molar-refractivity contribution >= 4 is 43.6 Å². The second kappa shape index (κ2) is 10.9. The van der Waals surface area contributed by atoms with Gasteiger partial charge in [0.05, 0.1) is 51.0 Å². The maximum atomic E-state index is 10.6. The molecule has 0 spiro atoms. The third-order valence-corrected chi connectivity index (χ3v) is 9.42. The van der Waals surface area contributed by atoms with Gasteiger partial charge in [0, 0.05) is 38.4 Å². The number of hydrogen-bond donors (Lipinski definition) is 0. The van der Waals surface area contributed by atoms with E-state index in [2.05, 4.69) is 143 Å². The molecule has 0 radical (unpaired) electrons. The zero-order chi connectivity index (χ0) is 32.2. The van der Waals surface area contributed by atoms with Crippen LogP contribution in [0, 0.1) is 22.7 Å². The molecule has 0 atom stereocenters. The predicted molar refractivity (Wildman–Crippen MR) is 195 cm³/mol. The first-order chi connectivity index (χ1) is 23.7. The summed E-state index contributed by atoms with van der Waals surface area (Å²) in [5, 5.41) is 24.8. The van der Waals surface area contributed by atoms with Gasteiger partial charge in [0.15, 0.2) is 0 Å². The van der Waals surface area contributed by atoms with Crippen LogP contribution in [0.25, 0.3) is 77.2 Å². The highest BCUT2D eigenvalue weighted by atomic mass is 15.0.